The van der Waals surface area contributed by atoms with Crippen molar-refractivity contribution in [1.82, 2.24) is 15.3 Å². The molecular formula is C34H39N3O6. The zero-order valence-electron chi connectivity index (χ0n) is 26.0. The van der Waals surface area contributed by atoms with E-state index in [9.17, 15) is 14.4 Å². The summed E-state index contributed by atoms with van der Waals surface area (Å²) in [7, 11) is 0. The van der Waals surface area contributed by atoms with E-state index in [0.29, 0.717) is 11.1 Å². The number of benzene rings is 3. The molecule has 1 aliphatic heterocycles. The highest BCUT2D eigenvalue weighted by Crippen LogP contribution is 2.44. The first-order valence-corrected chi connectivity index (χ1v) is 14.1. The smallest absolute Gasteiger partial charge is 0.431 e. The fraction of sp³-hybridized carbons (Fsp3) is 0.353. The van der Waals surface area contributed by atoms with E-state index in [4.69, 9.17) is 9.47 Å². The molecule has 0 aliphatic carbocycles. The number of imide groups is 1. The van der Waals surface area contributed by atoms with Gasteiger partial charge in [0.15, 0.2) is 5.54 Å². The van der Waals surface area contributed by atoms with Gasteiger partial charge in [0, 0.05) is 11.1 Å². The van der Waals surface area contributed by atoms with Gasteiger partial charge in [-0.3, -0.25) is 14.5 Å². The fourth-order valence-corrected chi connectivity index (χ4v) is 5.00. The molecule has 4 rings (SSSR count). The van der Waals surface area contributed by atoms with Gasteiger partial charge >= 0.3 is 12.2 Å². The number of nitrogens with one attached hydrogen (secondary N) is 1. The molecule has 0 saturated carbocycles. The number of rotatable bonds is 4. The summed E-state index contributed by atoms with van der Waals surface area (Å²) in [6, 6.07) is 21.0. The highest BCUT2D eigenvalue weighted by atomic mass is 16.6. The molecule has 9 nitrogen and oxygen atoms in total. The lowest BCUT2D eigenvalue weighted by Gasteiger charge is -2.47. The topological polar surface area (TPSA) is 105 Å². The first-order chi connectivity index (χ1) is 20.0. The normalized spacial score (nSPS) is 16.8. The van der Waals surface area contributed by atoms with E-state index < -0.39 is 40.7 Å². The third-order valence-corrected chi connectivity index (χ3v) is 6.97. The van der Waals surface area contributed by atoms with E-state index in [1.165, 1.54) is 0 Å². The van der Waals surface area contributed by atoms with Gasteiger partial charge in [-0.15, -0.1) is 0 Å². The Hall–Kier alpha value is -4.66. The zero-order valence-corrected chi connectivity index (χ0v) is 26.0. The van der Waals surface area contributed by atoms with Crippen molar-refractivity contribution in [3.8, 4) is 0 Å². The van der Waals surface area contributed by atoms with Gasteiger partial charge in [-0.1, -0.05) is 66.7 Å². The molecule has 4 amide bonds. The molecule has 1 heterocycles. The number of hydrogen-bond acceptors (Lipinski definition) is 6. The largest absolute Gasteiger partial charge is 0.443 e. The molecule has 1 atom stereocenters. The SMILES string of the molecule is Cc1ccc([C@@]2(N(NC(=O)OC(C)(C)C)C(=O)OC(C)(C)C)C(=O)N(Cc3ccccc3)C(=O)c3ccccc32)cc1C. The molecule has 1 aliphatic rings. The molecule has 0 saturated heterocycles. The number of carbonyl (C=O) groups is 4. The van der Waals surface area contributed by atoms with E-state index in [1.54, 1.807) is 77.9 Å². The van der Waals surface area contributed by atoms with E-state index in [2.05, 4.69) is 5.43 Å². The molecule has 226 valence electrons. The van der Waals surface area contributed by atoms with E-state index >= 15 is 4.79 Å². The van der Waals surface area contributed by atoms with Gasteiger partial charge in [-0.25, -0.2) is 15.0 Å². The lowest BCUT2D eigenvalue weighted by atomic mass is 9.75. The van der Waals surface area contributed by atoms with Crippen molar-refractivity contribution in [2.45, 2.75) is 78.7 Å². The fourth-order valence-electron chi connectivity index (χ4n) is 5.00. The Bertz CT molecular complexity index is 1550. The molecular weight excluding hydrogens is 546 g/mol. The van der Waals surface area contributed by atoms with Crippen LogP contribution in [0, 0.1) is 13.8 Å². The molecule has 3 aromatic carbocycles. The van der Waals surface area contributed by atoms with Gasteiger partial charge in [0.25, 0.3) is 11.8 Å². The van der Waals surface area contributed by atoms with Crippen LogP contribution < -0.4 is 5.43 Å². The van der Waals surface area contributed by atoms with Crippen molar-refractivity contribution in [1.29, 1.82) is 0 Å². The third-order valence-electron chi connectivity index (χ3n) is 6.97. The van der Waals surface area contributed by atoms with Crippen LogP contribution in [0.3, 0.4) is 0 Å². The van der Waals surface area contributed by atoms with Crippen molar-refractivity contribution < 1.29 is 28.7 Å². The van der Waals surface area contributed by atoms with Gasteiger partial charge in [-0.05, 0) is 83.7 Å². The summed E-state index contributed by atoms with van der Waals surface area (Å²) in [4.78, 5) is 57.7. The lowest BCUT2D eigenvalue weighted by Crippen LogP contribution is -2.68. The third kappa shape index (κ3) is 6.40. The minimum Gasteiger partial charge on any atom is -0.443 e. The Balaban J connectivity index is 2.07. The Morgan fingerprint density at radius 3 is 2.02 bits per heavy atom. The van der Waals surface area contributed by atoms with Crippen LogP contribution in [-0.4, -0.2) is 45.1 Å². The van der Waals surface area contributed by atoms with Crippen LogP contribution in [0.1, 0.15) is 79.7 Å². The van der Waals surface area contributed by atoms with Crippen LogP contribution in [0.5, 0.6) is 0 Å². The Labute approximate surface area is 252 Å². The van der Waals surface area contributed by atoms with Crippen LogP contribution in [0.4, 0.5) is 9.59 Å². The summed E-state index contributed by atoms with van der Waals surface area (Å²) >= 11 is 0. The molecule has 0 fully saturated rings. The number of aryl methyl sites for hydroxylation is 2. The standard InChI is InChI=1S/C34H39N3O6/c1-22-18-19-25(20-23(22)2)34(37(31(41)43-33(6,7)8)35-30(40)42-32(3,4)5)27-17-13-12-16-26(27)28(38)36(29(34)39)21-24-14-10-9-11-15-24/h9-20H,21H2,1-8H3,(H,35,40)/t34-/m0/s1. The van der Waals surface area contributed by atoms with Gasteiger partial charge in [0.05, 0.1) is 6.54 Å². The number of hydrazine groups is 1. The number of nitrogens with zero attached hydrogens (tertiary/aromatic N) is 2. The number of ether oxygens (including phenoxy) is 2. The highest BCUT2D eigenvalue weighted by molar-refractivity contribution is 6.15. The van der Waals surface area contributed by atoms with Crippen molar-refractivity contribution in [2.24, 2.45) is 0 Å². The maximum absolute atomic E-state index is 15.1. The van der Waals surface area contributed by atoms with E-state index in [-0.39, 0.29) is 17.7 Å². The average Bonchev–Trinajstić information content (AvgIpc) is 2.91. The quantitative estimate of drug-likeness (QED) is 0.280. The van der Waals surface area contributed by atoms with Crippen molar-refractivity contribution in [2.75, 3.05) is 0 Å². The molecule has 0 spiro atoms. The summed E-state index contributed by atoms with van der Waals surface area (Å²) in [6.07, 6.45) is -1.98. The first-order valence-electron chi connectivity index (χ1n) is 14.1. The Morgan fingerprint density at radius 2 is 1.42 bits per heavy atom. The maximum Gasteiger partial charge on any atom is 0.431 e. The van der Waals surface area contributed by atoms with Crippen LogP contribution >= 0.6 is 0 Å². The lowest BCUT2D eigenvalue weighted by molar-refractivity contribution is -0.143. The van der Waals surface area contributed by atoms with E-state index in [0.717, 1.165) is 21.0 Å². The summed E-state index contributed by atoms with van der Waals surface area (Å²) < 4.78 is 11.3. The molecule has 9 heteroatoms. The zero-order chi connectivity index (χ0) is 31.7. The molecule has 1 N–H and O–H groups in total. The Morgan fingerprint density at radius 1 is 0.814 bits per heavy atom. The van der Waals surface area contributed by atoms with Crippen LogP contribution in [-0.2, 0) is 26.4 Å². The second kappa shape index (κ2) is 11.6. The maximum atomic E-state index is 15.1. The second-order valence-corrected chi connectivity index (χ2v) is 12.7. The van der Waals surface area contributed by atoms with Crippen molar-refractivity contribution in [3.63, 3.8) is 0 Å². The summed E-state index contributed by atoms with van der Waals surface area (Å²) in [5, 5.41) is 0.877. The van der Waals surface area contributed by atoms with E-state index in [1.807, 2.05) is 50.2 Å². The second-order valence-electron chi connectivity index (χ2n) is 12.7. The molecule has 0 bridgehead atoms. The predicted octanol–water partition coefficient (Wildman–Crippen LogP) is 6.41. The Kier molecular flexibility index (Phi) is 8.40. The molecule has 3 aromatic rings. The van der Waals surface area contributed by atoms with Crippen LogP contribution in [0.15, 0.2) is 72.8 Å². The minimum absolute atomic E-state index is 0.0615. The molecule has 43 heavy (non-hydrogen) atoms. The van der Waals surface area contributed by atoms with Crippen molar-refractivity contribution in [3.05, 3.63) is 106 Å². The predicted molar refractivity (Wildman–Crippen MR) is 162 cm³/mol. The van der Waals surface area contributed by atoms with Gasteiger partial charge in [0.1, 0.15) is 11.2 Å². The monoisotopic (exact) mass is 585 g/mol. The average molecular weight is 586 g/mol. The van der Waals surface area contributed by atoms with Gasteiger partial charge in [0.2, 0.25) is 0 Å². The van der Waals surface area contributed by atoms with Crippen LogP contribution in [0.2, 0.25) is 0 Å². The van der Waals surface area contributed by atoms with Gasteiger partial charge < -0.3 is 9.47 Å². The first kappa shape index (κ1) is 31.3. The number of fused-ring (bicyclic) bond motifs is 1. The summed E-state index contributed by atoms with van der Waals surface area (Å²) in [5.41, 5.74) is 1.89. The molecule has 0 radical (unpaired) electrons. The molecule has 0 aromatic heterocycles. The van der Waals surface area contributed by atoms with Crippen LogP contribution in [0.25, 0.3) is 0 Å². The van der Waals surface area contributed by atoms with Crippen molar-refractivity contribution >= 4 is 24.0 Å². The summed E-state index contributed by atoms with van der Waals surface area (Å²) in [6.45, 7) is 13.9. The molecule has 0 unspecified atom stereocenters. The number of hydrogen-bond donors (Lipinski definition) is 1. The van der Waals surface area contributed by atoms with Gasteiger partial charge in [-0.2, -0.15) is 5.01 Å². The highest BCUT2D eigenvalue weighted by Gasteiger charge is 2.59. The summed E-state index contributed by atoms with van der Waals surface area (Å²) in [5.74, 6) is -1.25. The number of carbonyl (C=O) groups excluding carboxylic acids is 4. The minimum atomic E-state index is -2.04. The number of amides is 4.